The van der Waals surface area contributed by atoms with Gasteiger partial charge in [0.1, 0.15) is 17.3 Å². The molecule has 170 valence electrons. The van der Waals surface area contributed by atoms with Gasteiger partial charge in [-0.2, -0.15) is 9.61 Å². The topological polar surface area (TPSA) is 133 Å². The fourth-order valence-electron chi connectivity index (χ4n) is 3.18. The molecule has 1 aliphatic rings. The number of hydrogen-bond acceptors (Lipinski definition) is 7. The number of imidazole rings is 1. The Hall–Kier alpha value is -4.29. The zero-order valence-corrected chi connectivity index (χ0v) is 16.7. The number of rotatable bonds is 5. The van der Waals surface area contributed by atoms with Gasteiger partial charge in [-0.05, 0) is 31.1 Å². The van der Waals surface area contributed by atoms with Crippen molar-refractivity contribution < 1.29 is 23.0 Å². The van der Waals surface area contributed by atoms with Crippen LogP contribution in [0.5, 0.6) is 11.6 Å². The molecule has 0 amide bonds. The second kappa shape index (κ2) is 7.69. The highest BCUT2D eigenvalue weighted by Gasteiger charge is 2.31. The van der Waals surface area contributed by atoms with Crippen molar-refractivity contribution in [2.75, 3.05) is 5.32 Å². The fourth-order valence-corrected chi connectivity index (χ4v) is 3.18. The smallest absolute Gasteiger partial charge is 0.493 e. The highest BCUT2D eigenvalue weighted by atomic mass is 19.4. The predicted molar refractivity (Wildman–Crippen MR) is 110 cm³/mol. The third-order valence-electron chi connectivity index (χ3n) is 4.72. The molecule has 1 aromatic carbocycles. The summed E-state index contributed by atoms with van der Waals surface area (Å²) in [6, 6.07) is 7.17. The number of benzene rings is 1. The lowest BCUT2D eigenvalue weighted by Crippen LogP contribution is -2.20. The molecule has 33 heavy (non-hydrogen) atoms. The van der Waals surface area contributed by atoms with Crippen LogP contribution in [0.1, 0.15) is 18.5 Å². The zero-order chi connectivity index (χ0) is 23.2. The third kappa shape index (κ3) is 4.66. The molecule has 1 saturated carbocycles. The summed E-state index contributed by atoms with van der Waals surface area (Å²) in [6.07, 6.45) is 0.0784. The molecule has 0 radical (unpaired) electrons. The van der Waals surface area contributed by atoms with E-state index in [0.29, 0.717) is 27.9 Å². The van der Waals surface area contributed by atoms with E-state index >= 15 is 0 Å². The summed E-state index contributed by atoms with van der Waals surface area (Å²) in [5.41, 5.74) is 0.759. The molecule has 0 bridgehead atoms. The zero-order valence-electron chi connectivity index (χ0n) is 16.7. The van der Waals surface area contributed by atoms with Crippen molar-refractivity contribution >= 4 is 23.2 Å². The van der Waals surface area contributed by atoms with E-state index in [0.717, 1.165) is 12.8 Å². The first kappa shape index (κ1) is 20.6. The number of ether oxygens (including phenoxy) is 1. The van der Waals surface area contributed by atoms with Crippen LogP contribution in [0.2, 0.25) is 0 Å². The van der Waals surface area contributed by atoms with Crippen LogP contribution in [0.25, 0.3) is 11.7 Å². The van der Waals surface area contributed by atoms with Gasteiger partial charge in [-0.3, -0.25) is 9.98 Å². The second-order valence-electron chi connectivity index (χ2n) is 7.38. The number of aromatic nitrogens is 5. The number of H-pyrrole nitrogens is 2. The average molecular weight is 459 g/mol. The summed E-state index contributed by atoms with van der Waals surface area (Å²) in [5.74, 6) is -0.396. The van der Waals surface area contributed by atoms with Gasteiger partial charge in [-0.15, -0.1) is 13.2 Å². The standard InChI is InChI=1S/C20H16F3N7O3/c21-20(22,23)33-13-3-1-2-12(7-13)25-15-8-16(26-11-4-5-11)30-17(28-15)10(9-24-30)6-14-18(31)29-19(32)27-14/h1-3,6-9,11,25,31H,4-5H2,(H2,27,29,32)/b10-6+,26-16?. The Balaban J connectivity index is 1.59. The SMILES string of the molecule is O=c1[nH]c(O)c(/C=c2\cnn3c(=NC4CC4)cc(Nc4cccc(OC(F)(F)F)c4)nc23)[nH]1. The first-order valence-corrected chi connectivity index (χ1v) is 9.82. The number of nitrogens with zero attached hydrogens (tertiary/aromatic N) is 4. The molecule has 3 aromatic heterocycles. The highest BCUT2D eigenvalue weighted by Crippen LogP contribution is 2.26. The van der Waals surface area contributed by atoms with Crippen molar-refractivity contribution in [3.8, 4) is 11.6 Å². The number of aromatic amines is 2. The van der Waals surface area contributed by atoms with E-state index in [1.165, 1.54) is 35.0 Å². The first-order chi connectivity index (χ1) is 15.7. The van der Waals surface area contributed by atoms with Crippen LogP contribution in [0.15, 0.2) is 46.3 Å². The van der Waals surface area contributed by atoms with Crippen LogP contribution in [0, 0.1) is 0 Å². The number of alkyl halides is 3. The molecule has 13 heteroatoms. The molecule has 5 rings (SSSR count). The quantitative estimate of drug-likeness (QED) is 0.359. The number of halogens is 3. The lowest BCUT2D eigenvalue weighted by molar-refractivity contribution is -0.274. The fraction of sp³-hybridized carbons (Fsp3) is 0.200. The molecular formula is C20H16F3N7O3. The van der Waals surface area contributed by atoms with Gasteiger partial charge in [0.05, 0.1) is 12.2 Å². The molecule has 0 atom stereocenters. The number of anilines is 2. The Morgan fingerprint density at radius 3 is 2.79 bits per heavy atom. The van der Waals surface area contributed by atoms with Crippen molar-refractivity contribution in [2.45, 2.75) is 25.2 Å². The van der Waals surface area contributed by atoms with Crippen LogP contribution in [-0.4, -0.2) is 42.1 Å². The summed E-state index contributed by atoms with van der Waals surface area (Å²) < 4.78 is 43.1. The normalized spacial score (nSPS) is 15.4. The van der Waals surface area contributed by atoms with Crippen LogP contribution in [0.4, 0.5) is 24.7 Å². The number of fused-ring (bicyclic) bond motifs is 1. The molecule has 10 nitrogen and oxygen atoms in total. The van der Waals surface area contributed by atoms with E-state index in [1.54, 1.807) is 12.1 Å². The Bertz CT molecular complexity index is 1520. The van der Waals surface area contributed by atoms with E-state index in [9.17, 15) is 23.1 Å². The van der Waals surface area contributed by atoms with E-state index in [2.05, 4.69) is 35.1 Å². The van der Waals surface area contributed by atoms with Crippen LogP contribution in [-0.2, 0) is 0 Å². The lowest BCUT2D eigenvalue weighted by Gasteiger charge is -2.11. The molecular weight excluding hydrogens is 443 g/mol. The molecule has 0 aliphatic heterocycles. The number of aromatic hydroxyl groups is 1. The van der Waals surface area contributed by atoms with Crippen molar-refractivity contribution in [1.29, 1.82) is 0 Å². The van der Waals surface area contributed by atoms with Gasteiger partial charge in [-0.1, -0.05) is 6.07 Å². The van der Waals surface area contributed by atoms with Crippen molar-refractivity contribution in [3.63, 3.8) is 0 Å². The average Bonchev–Trinajstić information content (AvgIpc) is 3.36. The summed E-state index contributed by atoms with van der Waals surface area (Å²) in [4.78, 5) is 25.2. The van der Waals surface area contributed by atoms with Gasteiger partial charge in [-0.25, -0.2) is 9.78 Å². The van der Waals surface area contributed by atoms with Crippen LogP contribution in [0.3, 0.4) is 0 Å². The van der Waals surface area contributed by atoms with Gasteiger partial charge >= 0.3 is 12.1 Å². The maximum atomic E-state index is 12.5. The van der Waals surface area contributed by atoms with Crippen molar-refractivity contribution in [2.24, 2.45) is 4.99 Å². The van der Waals surface area contributed by atoms with E-state index < -0.39 is 12.1 Å². The van der Waals surface area contributed by atoms with Gasteiger partial charge < -0.3 is 20.1 Å². The Morgan fingerprint density at radius 2 is 2.09 bits per heavy atom. The summed E-state index contributed by atoms with van der Waals surface area (Å²) in [6.45, 7) is 0. The van der Waals surface area contributed by atoms with E-state index in [4.69, 9.17) is 0 Å². The number of hydrogen-bond donors (Lipinski definition) is 4. The first-order valence-electron chi connectivity index (χ1n) is 9.82. The van der Waals surface area contributed by atoms with Gasteiger partial charge in [0.15, 0.2) is 11.1 Å². The molecule has 1 aliphatic carbocycles. The molecule has 0 saturated heterocycles. The monoisotopic (exact) mass is 459 g/mol. The summed E-state index contributed by atoms with van der Waals surface area (Å²) >= 11 is 0. The molecule has 0 unspecified atom stereocenters. The maximum absolute atomic E-state index is 12.5. The largest absolute Gasteiger partial charge is 0.573 e. The van der Waals surface area contributed by atoms with Gasteiger partial charge in [0, 0.05) is 23.0 Å². The molecule has 4 aromatic rings. The van der Waals surface area contributed by atoms with Gasteiger partial charge in [0.2, 0.25) is 5.88 Å². The molecule has 1 fully saturated rings. The van der Waals surface area contributed by atoms with Crippen LogP contribution >= 0.6 is 0 Å². The lowest BCUT2D eigenvalue weighted by atomic mass is 10.3. The number of nitrogens with one attached hydrogen (secondary N) is 3. The summed E-state index contributed by atoms with van der Waals surface area (Å²) in [7, 11) is 0. The molecule has 4 N–H and O–H groups in total. The van der Waals surface area contributed by atoms with Crippen molar-refractivity contribution in [1.82, 2.24) is 24.6 Å². The Kier molecular flexibility index (Phi) is 4.80. The summed E-state index contributed by atoms with van der Waals surface area (Å²) in [5, 5.41) is 17.6. The highest BCUT2D eigenvalue weighted by molar-refractivity contribution is 5.62. The van der Waals surface area contributed by atoms with E-state index in [1.807, 2.05) is 0 Å². The Morgan fingerprint density at radius 1 is 1.27 bits per heavy atom. The Labute approximate surface area is 182 Å². The van der Waals surface area contributed by atoms with Gasteiger partial charge in [0.25, 0.3) is 0 Å². The minimum absolute atomic E-state index is 0.146. The predicted octanol–water partition coefficient (Wildman–Crippen LogP) is 1.70. The second-order valence-corrected chi connectivity index (χ2v) is 7.38. The van der Waals surface area contributed by atoms with E-state index in [-0.39, 0.29) is 23.4 Å². The van der Waals surface area contributed by atoms with Crippen LogP contribution < -0.4 is 26.4 Å². The minimum Gasteiger partial charge on any atom is -0.493 e. The molecule has 3 heterocycles. The van der Waals surface area contributed by atoms with Crippen molar-refractivity contribution in [3.05, 3.63) is 63.4 Å². The minimum atomic E-state index is -4.81. The third-order valence-corrected chi connectivity index (χ3v) is 4.72. The maximum Gasteiger partial charge on any atom is 0.573 e. The molecule has 0 spiro atoms.